The van der Waals surface area contributed by atoms with Crippen LogP contribution in [0.15, 0.2) is 12.1 Å². The molecule has 0 aromatic heterocycles. The number of rotatable bonds is 4. The Bertz CT molecular complexity index is 409. The first-order valence-electron chi connectivity index (χ1n) is 5.02. The number of hydrogen-bond acceptors (Lipinski definition) is 4. The van der Waals surface area contributed by atoms with E-state index in [1.54, 1.807) is 0 Å². The highest BCUT2D eigenvalue weighted by atomic mass is 16.3. The second-order valence-electron chi connectivity index (χ2n) is 3.45. The Morgan fingerprint density at radius 1 is 1.31 bits per heavy atom. The quantitative estimate of drug-likeness (QED) is 0.457. The van der Waals surface area contributed by atoms with Gasteiger partial charge < -0.3 is 15.3 Å². The van der Waals surface area contributed by atoms with Crippen molar-refractivity contribution in [1.29, 1.82) is 0 Å². The van der Waals surface area contributed by atoms with Gasteiger partial charge in [-0.1, -0.05) is 18.9 Å². The predicted molar refractivity (Wildman–Crippen MR) is 61.2 cm³/mol. The van der Waals surface area contributed by atoms with Crippen LogP contribution in [0.1, 0.15) is 18.9 Å². The smallest absolute Gasteiger partial charge is 0.200 e. The Kier molecular flexibility index (Phi) is 4.03. The first kappa shape index (κ1) is 12.2. The van der Waals surface area contributed by atoms with Crippen LogP contribution in [0.3, 0.4) is 0 Å². The maximum absolute atomic E-state index is 9.54. The first-order valence-corrected chi connectivity index (χ1v) is 5.02. The second-order valence-corrected chi connectivity index (χ2v) is 3.45. The first-order chi connectivity index (χ1) is 7.60. The molecule has 0 spiro atoms. The minimum atomic E-state index is -0.506. The molecule has 0 bridgehead atoms. The summed E-state index contributed by atoms with van der Waals surface area (Å²) in [4.78, 5) is 0. The fourth-order valence-electron chi connectivity index (χ4n) is 1.31. The molecule has 0 saturated heterocycles. The van der Waals surface area contributed by atoms with Gasteiger partial charge in [0.05, 0.1) is 6.04 Å². The van der Waals surface area contributed by atoms with Gasteiger partial charge in [-0.15, -0.1) is 6.42 Å². The number of terminal acetylenes is 1. The van der Waals surface area contributed by atoms with Gasteiger partial charge in [0.15, 0.2) is 11.5 Å². The molecule has 1 rings (SSSR count). The third kappa shape index (κ3) is 2.59. The summed E-state index contributed by atoms with van der Waals surface area (Å²) in [6, 6.07) is 2.78. The van der Waals surface area contributed by atoms with Gasteiger partial charge >= 0.3 is 0 Å². The highest BCUT2D eigenvalue weighted by Gasteiger charge is 2.11. The minimum Gasteiger partial charge on any atom is -0.504 e. The summed E-state index contributed by atoms with van der Waals surface area (Å²) in [6.45, 7) is 2.29. The zero-order valence-corrected chi connectivity index (χ0v) is 9.07. The Morgan fingerprint density at radius 3 is 2.56 bits per heavy atom. The van der Waals surface area contributed by atoms with E-state index in [9.17, 15) is 10.2 Å². The molecule has 86 valence electrons. The molecule has 1 aromatic rings. The molecule has 0 aliphatic carbocycles. The molecule has 1 unspecified atom stereocenters. The maximum atomic E-state index is 9.54. The van der Waals surface area contributed by atoms with Crippen LogP contribution in [0, 0.1) is 12.3 Å². The normalized spacial score (nSPS) is 12.0. The lowest BCUT2D eigenvalue weighted by atomic mass is 10.1. The minimum absolute atomic E-state index is 0.0738. The van der Waals surface area contributed by atoms with Crippen LogP contribution in [0.25, 0.3) is 0 Å². The molecule has 0 fully saturated rings. The fraction of sp³-hybridized carbons (Fsp3) is 0.333. The van der Waals surface area contributed by atoms with E-state index < -0.39 is 5.75 Å². The molecule has 4 heteroatoms. The largest absolute Gasteiger partial charge is 0.504 e. The summed E-state index contributed by atoms with van der Waals surface area (Å²) in [6.07, 6.45) is 6.05. The van der Waals surface area contributed by atoms with Crippen molar-refractivity contribution in [1.82, 2.24) is 5.32 Å². The number of phenolic OH excluding ortho intramolecular Hbond substituents is 3. The Morgan fingerprint density at radius 2 is 2.00 bits per heavy atom. The number of nitrogens with one attached hydrogen (secondary N) is 1. The lowest BCUT2D eigenvalue weighted by molar-refractivity contribution is 0.363. The Labute approximate surface area is 94.6 Å². The summed E-state index contributed by atoms with van der Waals surface area (Å²) in [5, 5.41) is 31.0. The molecule has 0 heterocycles. The van der Waals surface area contributed by atoms with Crippen LogP contribution in [0.2, 0.25) is 0 Å². The molecule has 0 amide bonds. The topological polar surface area (TPSA) is 72.7 Å². The summed E-state index contributed by atoms with van der Waals surface area (Å²) < 4.78 is 0. The summed E-state index contributed by atoms with van der Waals surface area (Å²) in [7, 11) is 0. The second kappa shape index (κ2) is 5.29. The molecule has 1 atom stereocenters. The van der Waals surface area contributed by atoms with Crippen molar-refractivity contribution >= 4 is 0 Å². The Hall–Kier alpha value is -1.86. The van der Waals surface area contributed by atoms with Crippen LogP contribution in [0.4, 0.5) is 0 Å². The fourth-order valence-corrected chi connectivity index (χ4v) is 1.31. The predicted octanol–water partition coefficient (Wildman–Crippen LogP) is 1.30. The number of benzene rings is 1. The van der Waals surface area contributed by atoms with E-state index >= 15 is 0 Å². The highest BCUT2D eigenvalue weighted by molar-refractivity contribution is 5.53. The van der Waals surface area contributed by atoms with E-state index in [1.165, 1.54) is 12.1 Å². The molecular formula is C12H15NO3. The van der Waals surface area contributed by atoms with Crippen LogP contribution >= 0.6 is 0 Å². The monoisotopic (exact) mass is 221 g/mol. The lowest BCUT2D eigenvalue weighted by Gasteiger charge is -2.12. The van der Waals surface area contributed by atoms with Gasteiger partial charge in [-0.2, -0.15) is 0 Å². The van der Waals surface area contributed by atoms with Crippen molar-refractivity contribution in [3.63, 3.8) is 0 Å². The number of aromatic hydroxyl groups is 3. The third-order valence-corrected chi connectivity index (χ3v) is 2.36. The molecule has 0 aliphatic rings. The summed E-state index contributed by atoms with van der Waals surface area (Å²) in [5.74, 6) is 1.39. The highest BCUT2D eigenvalue weighted by Crippen LogP contribution is 2.36. The van der Waals surface area contributed by atoms with E-state index in [-0.39, 0.29) is 17.5 Å². The lowest BCUT2D eigenvalue weighted by Crippen LogP contribution is -2.26. The van der Waals surface area contributed by atoms with E-state index in [0.29, 0.717) is 12.1 Å². The molecule has 0 saturated carbocycles. The van der Waals surface area contributed by atoms with Gasteiger partial charge in [-0.25, -0.2) is 0 Å². The van der Waals surface area contributed by atoms with Gasteiger partial charge in [-0.3, -0.25) is 5.32 Å². The van der Waals surface area contributed by atoms with Gasteiger partial charge in [0.2, 0.25) is 5.75 Å². The van der Waals surface area contributed by atoms with Crippen LogP contribution in [0.5, 0.6) is 17.2 Å². The van der Waals surface area contributed by atoms with E-state index in [0.717, 1.165) is 6.42 Å². The summed E-state index contributed by atoms with van der Waals surface area (Å²) >= 11 is 0. The average molecular weight is 221 g/mol. The van der Waals surface area contributed by atoms with E-state index in [2.05, 4.69) is 11.2 Å². The Balaban J connectivity index is 2.76. The van der Waals surface area contributed by atoms with Crippen molar-refractivity contribution in [3.8, 4) is 29.6 Å². The molecule has 16 heavy (non-hydrogen) atoms. The average Bonchev–Trinajstić information content (AvgIpc) is 2.30. The molecule has 4 nitrogen and oxygen atoms in total. The van der Waals surface area contributed by atoms with Crippen molar-refractivity contribution in [2.24, 2.45) is 0 Å². The van der Waals surface area contributed by atoms with Gasteiger partial charge in [-0.05, 0) is 12.5 Å². The molecule has 0 radical (unpaired) electrons. The zero-order chi connectivity index (χ0) is 12.1. The van der Waals surface area contributed by atoms with Crippen LogP contribution in [-0.2, 0) is 6.54 Å². The van der Waals surface area contributed by atoms with Crippen molar-refractivity contribution in [2.45, 2.75) is 25.9 Å². The van der Waals surface area contributed by atoms with Gasteiger partial charge in [0, 0.05) is 12.1 Å². The SMILES string of the molecule is C#CC(CC)NCc1ccc(O)c(O)c1O. The standard InChI is InChI=1S/C12H15NO3/c1-3-9(4-2)13-7-8-5-6-10(14)12(16)11(8)15/h1,5-6,9,13-16H,4,7H2,2H3. The van der Waals surface area contributed by atoms with E-state index in [1.807, 2.05) is 6.92 Å². The molecule has 4 N–H and O–H groups in total. The zero-order valence-electron chi connectivity index (χ0n) is 9.07. The van der Waals surface area contributed by atoms with Crippen LogP contribution in [-0.4, -0.2) is 21.4 Å². The van der Waals surface area contributed by atoms with Crippen molar-refractivity contribution in [2.75, 3.05) is 0 Å². The number of phenols is 3. The number of hydrogen-bond donors (Lipinski definition) is 4. The molecule has 0 aliphatic heterocycles. The van der Waals surface area contributed by atoms with Gasteiger partial charge in [0.25, 0.3) is 0 Å². The molecule has 1 aromatic carbocycles. The van der Waals surface area contributed by atoms with Crippen LogP contribution < -0.4 is 5.32 Å². The van der Waals surface area contributed by atoms with Crippen molar-refractivity contribution in [3.05, 3.63) is 17.7 Å². The molecular weight excluding hydrogens is 206 g/mol. The van der Waals surface area contributed by atoms with E-state index in [4.69, 9.17) is 11.5 Å². The maximum Gasteiger partial charge on any atom is 0.200 e. The third-order valence-electron chi connectivity index (χ3n) is 2.36. The summed E-state index contributed by atoms with van der Waals surface area (Å²) in [5.41, 5.74) is 0.490. The van der Waals surface area contributed by atoms with Crippen molar-refractivity contribution < 1.29 is 15.3 Å². The van der Waals surface area contributed by atoms with Gasteiger partial charge in [0.1, 0.15) is 0 Å².